The molecule has 16 rings (SSSR count). The molecule has 0 amide bonds. The van der Waals surface area contributed by atoms with E-state index in [1.807, 2.05) is 0 Å². The second-order valence-corrected chi connectivity index (χ2v) is 15.9. The minimum atomic E-state index is 0.0546. The first-order valence-electron chi connectivity index (χ1n) is 19.0. The summed E-state index contributed by atoms with van der Waals surface area (Å²) in [6.45, 7) is 0.172. The average Bonchev–Trinajstić information content (AvgIpc) is 3.97. The number of aromatic nitrogens is 3. The van der Waals surface area contributed by atoms with Crippen LogP contribution in [0.2, 0.25) is 0 Å². The Labute approximate surface area is 307 Å². The lowest BCUT2D eigenvalue weighted by Crippen LogP contribution is -2.66. The van der Waals surface area contributed by atoms with Gasteiger partial charge in [-0.15, -0.1) is 0 Å². The molecule has 4 aliphatic heterocycles. The number of fused-ring (bicyclic) bond motifs is 17. The highest BCUT2D eigenvalue weighted by molar-refractivity contribution is 7.04. The van der Waals surface area contributed by atoms with Crippen LogP contribution in [0.4, 0.5) is 0 Å². The summed E-state index contributed by atoms with van der Waals surface area (Å²) in [6.07, 6.45) is 0. The van der Waals surface area contributed by atoms with E-state index in [-0.39, 0.29) is 13.4 Å². The van der Waals surface area contributed by atoms with E-state index in [9.17, 15) is 0 Å². The van der Waals surface area contributed by atoms with Crippen LogP contribution in [0, 0.1) is 0 Å². The fourth-order valence-electron chi connectivity index (χ4n) is 12.0. The third-order valence-electron chi connectivity index (χ3n) is 13.8. The zero-order valence-corrected chi connectivity index (χ0v) is 28.7. The van der Waals surface area contributed by atoms with Crippen molar-refractivity contribution >= 4 is 134 Å². The van der Waals surface area contributed by atoms with Gasteiger partial charge in [-0.05, 0) is 57.0 Å². The Morgan fingerprint density at radius 1 is 0.389 bits per heavy atom. The van der Waals surface area contributed by atoms with Crippen LogP contribution in [0.25, 0.3) is 104 Å². The maximum absolute atomic E-state index is 6.85. The monoisotopic (exact) mass is 679 g/mol. The first-order valence-corrected chi connectivity index (χ1v) is 19.0. The summed E-state index contributed by atoms with van der Waals surface area (Å²) in [5, 5.41) is 10.1. The molecule has 6 heteroatoms. The van der Waals surface area contributed by atoms with Crippen molar-refractivity contribution in [2.75, 3.05) is 0 Å². The van der Waals surface area contributed by atoms with Gasteiger partial charge in [0.05, 0.1) is 21.9 Å². The first-order chi connectivity index (χ1) is 26.8. The van der Waals surface area contributed by atoms with E-state index in [0.29, 0.717) is 0 Å². The minimum Gasteiger partial charge on any atom is -0.455 e. The Balaban J connectivity index is 1.23. The fraction of sp³-hybridized carbons (Fsp3) is 0. The largest absolute Gasteiger partial charge is 0.455 e. The number of furan rings is 1. The van der Waals surface area contributed by atoms with Gasteiger partial charge >= 0.3 is 0 Å². The summed E-state index contributed by atoms with van der Waals surface area (Å²) in [5.74, 6) is 0. The molecule has 4 aliphatic rings. The predicted octanol–water partition coefficient (Wildman–Crippen LogP) is 7.16. The van der Waals surface area contributed by atoms with Gasteiger partial charge in [-0.25, -0.2) is 0 Å². The molecule has 0 unspecified atom stereocenters. The van der Waals surface area contributed by atoms with Gasteiger partial charge in [0, 0.05) is 71.3 Å². The molecular weight excluding hydrogens is 656 g/mol. The van der Waals surface area contributed by atoms with Gasteiger partial charge in [0.1, 0.15) is 11.2 Å². The molecular formula is C48H23B2N3O. The second kappa shape index (κ2) is 8.17. The SMILES string of the molecule is c1ccc2c(c1)oc1c2cc2c3c1c1ccccc1n3-c1cc3c4c5c1B2c1cccc2c6cccc(c6n-5c12)B4c1cccc2c4ccccc4n-3c12. The van der Waals surface area contributed by atoms with Gasteiger partial charge in [0.25, 0.3) is 13.4 Å². The Kier molecular flexibility index (Phi) is 3.93. The van der Waals surface area contributed by atoms with E-state index in [4.69, 9.17) is 4.42 Å². The summed E-state index contributed by atoms with van der Waals surface area (Å²) >= 11 is 0. The van der Waals surface area contributed by atoms with Crippen molar-refractivity contribution < 1.29 is 4.42 Å². The molecule has 54 heavy (non-hydrogen) atoms. The smallest absolute Gasteiger partial charge is 0.252 e. The topological polar surface area (TPSA) is 27.9 Å². The number of nitrogens with zero attached hydrogens (tertiary/aromatic N) is 3. The molecule has 242 valence electrons. The number of rotatable bonds is 0. The maximum Gasteiger partial charge on any atom is 0.252 e. The van der Waals surface area contributed by atoms with Crippen molar-refractivity contribution in [3.8, 4) is 17.1 Å². The Morgan fingerprint density at radius 2 is 0.907 bits per heavy atom. The van der Waals surface area contributed by atoms with Crippen LogP contribution in [0.1, 0.15) is 0 Å². The van der Waals surface area contributed by atoms with E-state index < -0.39 is 0 Å². The summed E-state index contributed by atoms with van der Waals surface area (Å²) in [7, 11) is 0. The van der Waals surface area contributed by atoms with Crippen LogP contribution >= 0.6 is 0 Å². The average molecular weight is 679 g/mol. The fourth-order valence-corrected chi connectivity index (χ4v) is 12.0. The minimum absolute atomic E-state index is 0.0546. The standard InChI is InChI=1S/C48H23B2N3O/c1-4-19-35-24(10-1)26-13-7-16-31-43(26)51(35)37-23-38-42-47-41(37)49(31)32-17-8-14-27-28-15-9-18-33(45(28)53(47)44(27)32)50(42)34-22-30-25-11-3-6-21-39(25)54-48(30)40-29-12-2-5-20-36(29)52(38)46(34)40/h1-23H. The van der Waals surface area contributed by atoms with E-state index in [0.717, 1.165) is 11.2 Å². The van der Waals surface area contributed by atoms with Crippen molar-refractivity contribution in [3.63, 3.8) is 0 Å². The quantitative estimate of drug-likeness (QED) is 0.157. The van der Waals surface area contributed by atoms with E-state index in [2.05, 4.69) is 153 Å². The zero-order valence-electron chi connectivity index (χ0n) is 28.7. The molecule has 0 saturated carbocycles. The van der Waals surface area contributed by atoms with E-state index in [1.165, 1.54) is 126 Å². The van der Waals surface area contributed by atoms with Crippen molar-refractivity contribution in [2.45, 2.75) is 0 Å². The molecule has 0 N–H and O–H groups in total. The third-order valence-corrected chi connectivity index (χ3v) is 13.8. The van der Waals surface area contributed by atoms with Gasteiger partial charge in [-0.1, -0.05) is 115 Å². The molecule has 0 atom stereocenters. The van der Waals surface area contributed by atoms with Gasteiger partial charge < -0.3 is 18.1 Å². The Bertz CT molecular complexity index is 3870. The third kappa shape index (κ3) is 2.48. The van der Waals surface area contributed by atoms with Crippen molar-refractivity contribution in [3.05, 3.63) is 140 Å². The number of benzene rings is 8. The lowest BCUT2D eigenvalue weighted by molar-refractivity contribution is 0.673. The Morgan fingerprint density at radius 3 is 1.61 bits per heavy atom. The van der Waals surface area contributed by atoms with Crippen LogP contribution in [0.3, 0.4) is 0 Å². The molecule has 8 heterocycles. The number of para-hydroxylation sites is 6. The Hall–Kier alpha value is -6.91. The second-order valence-electron chi connectivity index (χ2n) is 15.9. The van der Waals surface area contributed by atoms with Gasteiger partial charge in [-0.2, -0.15) is 0 Å². The van der Waals surface area contributed by atoms with E-state index in [1.54, 1.807) is 0 Å². The highest BCUT2D eigenvalue weighted by Gasteiger charge is 2.49. The molecule has 0 radical (unpaired) electrons. The number of hydrogen-bond donors (Lipinski definition) is 0. The van der Waals surface area contributed by atoms with Crippen molar-refractivity contribution in [1.29, 1.82) is 0 Å². The molecule has 12 aromatic rings. The first kappa shape index (κ1) is 25.9. The summed E-state index contributed by atoms with van der Waals surface area (Å²) in [4.78, 5) is 0. The summed E-state index contributed by atoms with van der Waals surface area (Å²) in [6, 6.07) is 52.7. The zero-order chi connectivity index (χ0) is 34.3. The maximum atomic E-state index is 6.85. The lowest BCUT2D eigenvalue weighted by atomic mass is 9.30. The van der Waals surface area contributed by atoms with E-state index >= 15 is 0 Å². The van der Waals surface area contributed by atoms with Crippen LogP contribution < -0.4 is 32.8 Å². The lowest BCUT2D eigenvalue weighted by Gasteiger charge is -2.41. The van der Waals surface area contributed by atoms with Crippen LogP contribution in [-0.4, -0.2) is 27.1 Å². The van der Waals surface area contributed by atoms with Crippen LogP contribution in [0.5, 0.6) is 0 Å². The molecule has 0 spiro atoms. The molecule has 0 saturated heterocycles. The molecule has 4 nitrogen and oxygen atoms in total. The van der Waals surface area contributed by atoms with Gasteiger partial charge in [0.2, 0.25) is 0 Å². The van der Waals surface area contributed by atoms with Crippen LogP contribution in [-0.2, 0) is 0 Å². The van der Waals surface area contributed by atoms with Crippen molar-refractivity contribution in [2.24, 2.45) is 0 Å². The molecule has 8 aromatic carbocycles. The predicted molar refractivity (Wildman–Crippen MR) is 226 cm³/mol. The molecule has 0 bridgehead atoms. The van der Waals surface area contributed by atoms with Crippen molar-refractivity contribution in [1.82, 2.24) is 13.7 Å². The number of hydrogen-bond acceptors (Lipinski definition) is 1. The highest BCUT2D eigenvalue weighted by atomic mass is 16.3. The molecule has 0 aliphatic carbocycles. The highest BCUT2D eigenvalue weighted by Crippen LogP contribution is 2.45. The van der Waals surface area contributed by atoms with Gasteiger partial charge in [0.15, 0.2) is 0 Å². The van der Waals surface area contributed by atoms with Crippen LogP contribution in [0.15, 0.2) is 144 Å². The summed E-state index contributed by atoms with van der Waals surface area (Å²) in [5.41, 5.74) is 22.1. The molecule has 4 aromatic heterocycles. The normalized spacial score (nSPS) is 14.2. The molecule has 0 fully saturated rings. The van der Waals surface area contributed by atoms with Gasteiger partial charge in [-0.3, -0.25) is 0 Å². The summed E-state index contributed by atoms with van der Waals surface area (Å²) < 4.78 is 14.7.